The van der Waals surface area contributed by atoms with E-state index >= 15 is 0 Å². The van der Waals surface area contributed by atoms with Gasteiger partial charge in [0, 0.05) is 11.4 Å². The summed E-state index contributed by atoms with van der Waals surface area (Å²) in [5, 5.41) is 8.03. The van der Waals surface area contributed by atoms with Crippen molar-refractivity contribution < 1.29 is 13.2 Å². The van der Waals surface area contributed by atoms with Crippen LogP contribution in [0, 0.1) is 0 Å². The lowest BCUT2D eigenvalue weighted by Crippen LogP contribution is -2.41. The molecule has 2 aromatic heterocycles. The quantitative estimate of drug-likeness (QED) is 0.590. The van der Waals surface area contributed by atoms with Gasteiger partial charge in [-0.05, 0) is 45.0 Å². The zero-order chi connectivity index (χ0) is 21.3. The van der Waals surface area contributed by atoms with Gasteiger partial charge in [0.1, 0.15) is 0 Å². The lowest BCUT2D eigenvalue weighted by molar-refractivity contribution is -0.117. The molecule has 29 heavy (non-hydrogen) atoms. The lowest BCUT2D eigenvalue weighted by Gasteiger charge is -2.15. The molecule has 0 spiro atoms. The van der Waals surface area contributed by atoms with Crippen LogP contribution in [-0.4, -0.2) is 35.1 Å². The fourth-order valence-electron chi connectivity index (χ4n) is 2.64. The molecule has 154 valence electrons. The van der Waals surface area contributed by atoms with E-state index in [0.29, 0.717) is 11.3 Å². The van der Waals surface area contributed by atoms with Crippen LogP contribution in [0.2, 0.25) is 10.0 Å². The maximum Gasteiger partial charge on any atom is 0.242 e. The van der Waals surface area contributed by atoms with Gasteiger partial charge in [0.2, 0.25) is 15.9 Å². The number of hydrogen-bond acceptors (Lipinski definition) is 5. The second-order valence-corrected chi connectivity index (χ2v) is 9.26. The first-order chi connectivity index (χ1) is 13.6. The van der Waals surface area contributed by atoms with Crippen molar-refractivity contribution in [1.29, 1.82) is 0 Å². The molecule has 2 N–H and O–H groups in total. The van der Waals surface area contributed by atoms with E-state index < -0.39 is 22.0 Å². The van der Waals surface area contributed by atoms with E-state index in [4.69, 9.17) is 23.2 Å². The molecule has 0 bridgehead atoms. The van der Waals surface area contributed by atoms with Crippen LogP contribution >= 0.6 is 23.2 Å². The Kier molecular flexibility index (Phi) is 6.13. The first-order valence-corrected chi connectivity index (χ1v) is 10.9. The summed E-state index contributed by atoms with van der Waals surface area (Å²) in [5.74, 6) is -0.536. The Hall–Kier alpha value is -2.20. The van der Waals surface area contributed by atoms with Crippen molar-refractivity contribution in [3.63, 3.8) is 0 Å². The number of halogens is 2. The van der Waals surface area contributed by atoms with Gasteiger partial charge in [-0.1, -0.05) is 23.2 Å². The molecule has 1 atom stereocenters. The van der Waals surface area contributed by atoms with Crippen LogP contribution in [-0.2, 0) is 14.8 Å². The number of pyridine rings is 1. The number of carbonyl (C=O) groups excluding carboxylic acids is 1. The molecule has 0 aliphatic heterocycles. The molecule has 1 aromatic carbocycles. The number of nitrogens with zero attached hydrogens (tertiary/aromatic N) is 3. The fraction of sp³-hybridized carbons (Fsp3) is 0.278. The van der Waals surface area contributed by atoms with E-state index in [1.54, 1.807) is 16.9 Å². The third-order valence-corrected chi connectivity index (χ3v) is 6.39. The summed E-state index contributed by atoms with van der Waals surface area (Å²) in [6.07, 6.45) is 3.16. The molecule has 3 aromatic rings. The van der Waals surface area contributed by atoms with Gasteiger partial charge in [-0.15, -0.1) is 0 Å². The highest BCUT2D eigenvalue weighted by atomic mass is 35.5. The molecule has 0 saturated heterocycles. The van der Waals surface area contributed by atoms with Crippen LogP contribution in [0.25, 0.3) is 11.0 Å². The lowest BCUT2D eigenvalue weighted by atomic mass is 10.3. The van der Waals surface area contributed by atoms with Crippen molar-refractivity contribution in [2.75, 3.05) is 5.32 Å². The van der Waals surface area contributed by atoms with Crippen LogP contribution in [0.3, 0.4) is 0 Å². The molecule has 0 fully saturated rings. The van der Waals surface area contributed by atoms with Crippen LogP contribution in [0.4, 0.5) is 5.69 Å². The van der Waals surface area contributed by atoms with Crippen LogP contribution in [0.15, 0.2) is 41.6 Å². The molecule has 3 rings (SSSR count). The predicted octanol–water partition coefficient (Wildman–Crippen LogP) is 3.62. The maximum absolute atomic E-state index is 12.5. The molecular formula is C18H19Cl2N5O3S. The number of benzene rings is 1. The molecule has 0 unspecified atom stereocenters. The van der Waals surface area contributed by atoms with E-state index in [2.05, 4.69) is 20.1 Å². The third-order valence-electron chi connectivity index (χ3n) is 4.12. The van der Waals surface area contributed by atoms with Gasteiger partial charge in [-0.25, -0.2) is 18.1 Å². The van der Waals surface area contributed by atoms with Crippen LogP contribution < -0.4 is 10.0 Å². The van der Waals surface area contributed by atoms with Crippen molar-refractivity contribution in [1.82, 2.24) is 19.5 Å². The summed E-state index contributed by atoms with van der Waals surface area (Å²) in [5.41, 5.74) is 1.14. The van der Waals surface area contributed by atoms with Crippen LogP contribution in [0.1, 0.15) is 26.8 Å². The zero-order valence-corrected chi connectivity index (χ0v) is 18.2. The molecule has 8 nitrogen and oxygen atoms in total. The van der Waals surface area contributed by atoms with E-state index in [0.717, 1.165) is 5.39 Å². The monoisotopic (exact) mass is 455 g/mol. The zero-order valence-electron chi connectivity index (χ0n) is 15.8. The SMILES string of the molecule is CC(C)n1ncc2cc(NC(=O)[C@@H](C)NS(=O)(=O)c3ccc(Cl)c(Cl)c3)cnc21. The number of carbonyl (C=O) groups is 1. The number of hydrogen-bond donors (Lipinski definition) is 2. The van der Waals surface area contributed by atoms with Crippen molar-refractivity contribution >= 4 is 55.9 Å². The largest absolute Gasteiger partial charge is 0.323 e. The minimum atomic E-state index is -3.96. The molecule has 11 heteroatoms. The van der Waals surface area contributed by atoms with Gasteiger partial charge in [-0.3, -0.25) is 4.79 Å². The second-order valence-electron chi connectivity index (χ2n) is 6.73. The highest BCUT2D eigenvalue weighted by Crippen LogP contribution is 2.25. The minimum absolute atomic E-state index is 0.0873. The van der Waals surface area contributed by atoms with E-state index in [9.17, 15) is 13.2 Å². The van der Waals surface area contributed by atoms with Gasteiger partial charge >= 0.3 is 0 Å². The smallest absolute Gasteiger partial charge is 0.242 e. The summed E-state index contributed by atoms with van der Waals surface area (Å²) < 4.78 is 29.1. The van der Waals surface area contributed by atoms with Gasteiger partial charge in [0.05, 0.1) is 39.1 Å². The topological polar surface area (TPSA) is 106 Å². The van der Waals surface area contributed by atoms with Crippen molar-refractivity contribution in [2.45, 2.75) is 37.8 Å². The summed E-state index contributed by atoms with van der Waals surface area (Å²) in [4.78, 5) is 16.7. The number of nitrogens with one attached hydrogen (secondary N) is 2. The number of aromatic nitrogens is 3. The Bertz CT molecular complexity index is 1180. The third kappa shape index (κ3) is 4.69. The number of fused-ring (bicyclic) bond motifs is 1. The Morgan fingerprint density at radius 3 is 2.48 bits per heavy atom. The molecule has 0 radical (unpaired) electrons. The molecule has 1 amide bonds. The summed E-state index contributed by atoms with van der Waals surface area (Å²) in [6, 6.07) is 4.75. The van der Waals surface area contributed by atoms with Crippen molar-refractivity contribution in [2.24, 2.45) is 0 Å². The van der Waals surface area contributed by atoms with Crippen LogP contribution in [0.5, 0.6) is 0 Å². The Balaban J connectivity index is 1.73. The molecule has 0 aliphatic carbocycles. The molecule has 2 heterocycles. The highest BCUT2D eigenvalue weighted by Gasteiger charge is 2.23. The summed E-state index contributed by atoms with van der Waals surface area (Å²) >= 11 is 11.7. The number of anilines is 1. The van der Waals surface area contributed by atoms with Crippen molar-refractivity contribution in [3.8, 4) is 0 Å². The predicted molar refractivity (Wildman–Crippen MR) is 113 cm³/mol. The van der Waals surface area contributed by atoms with E-state index in [1.807, 2.05) is 13.8 Å². The van der Waals surface area contributed by atoms with Crippen molar-refractivity contribution in [3.05, 3.63) is 46.7 Å². The summed E-state index contributed by atoms with van der Waals surface area (Å²) in [6.45, 7) is 5.42. The number of sulfonamides is 1. The molecule has 0 saturated carbocycles. The first kappa shape index (κ1) is 21.5. The fourth-order valence-corrected chi connectivity index (χ4v) is 4.23. The maximum atomic E-state index is 12.5. The van der Waals surface area contributed by atoms with Gasteiger partial charge in [0.15, 0.2) is 5.65 Å². The Labute approximate surface area is 178 Å². The van der Waals surface area contributed by atoms with Gasteiger partial charge in [-0.2, -0.15) is 9.82 Å². The number of rotatable bonds is 6. The Morgan fingerprint density at radius 2 is 1.83 bits per heavy atom. The molecule has 0 aliphatic rings. The number of amides is 1. The molecular weight excluding hydrogens is 437 g/mol. The van der Waals surface area contributed by atoms with E-state index in [-0.39, 0.29) is 21.0 Å². The second kappa shape index (κ2) is 8.27. The minimum Gasteiger partial charge on any atom is -0.323 e. The normalized spacial score (nSPS) is 13.0. The average molecular weight is 456 g/mol. The first-order valence-electron chi connectivity index (χ1n) is 8.70. The van der Waals surface area contributed by atoms with E-state index in [1.165, 1.54) is 31.3 Å². The standard InChI is InChI=1S/C18H19Cl2N5O3S/c1-10(2)25-17-12(8-22-25)6-13(9-21-17)23-18(26)11(3)24-29(27,28)14-4-5-15(19)16(20)7-14/h4-11,24H,1-3H3,(H,23,26)/t11-/m1/s1. The summed E-state index contributed by atoms with van der Waals surface area (Å²) in [7, 11) is -3.96. The highest BCUT2D eigenvalue weighted by molar-refractivity contribution is 7.89. The van der Waals surface area contributed by atoms with Gasteiger partial charge in [0.25, 0.3) is 0 Å². The average Bonchev–Trinajstić information content (AvgIpc) is 3.07. The van der Waals surface area contributed by atoms with Gasteiger partial charge < -0.3 is 5.32 Å². The Morgan fingerprint density at radius 1 is 1.10 bits per heavy atom.